The zero-order valence-electron chi connectivity index (χ0n) is 22.7. The average Bonchev–Trinajstić information content (AvgIpc) is 3.40. The highest BCUT2D eigenvalue weighted by Gasteiger charge is 2.32. The van der Waals surface area contributed by atoms with Crippen molar-refractivity contribution in [3.8, 4) is 0 Å². The number of imidazole rings is 1. The molecule has 0 aromatic carbocycles. The van der Waals surface area contributed by atoms with Gasteiger partial charge in [-0.3, -0.25) is 19.4 Å². The topological polar surface area (TPSA) is 270 Å². The standard InChI is InChI=1S/C24H44N10O5/c1-3-14(2)19(34-20(35)16(26)7-6-10-30-24(27)28)22(37)33-18(11-15-12-29-13-31-15)21(36)32-17(23(38)39)8-4-5-9-25/h12-14,16-19H,3-11,25-26H2,1-2H3,(H,29,31)(H,32,36)(H,33,37)(H,34,35)(H,38,39)(H4,27,28,30). The minimum Gasteiger partial charge on any atom is -0.480 e. The van der Waals surface area contributed by atoms with Gasteiger partial charge in [-0.2, -0.15) is 0 Å². The average molecular weight is 553 g/mol. The van der Waals surface area contributed by atoms with Crippen LogP contribution in [0.1, 0.15) is 58.1 Å². The molecule has 0 saturated carbocycles. The number of hydrogen-bond donors (Lipinski definition) is 9. The number of nitrogens with zero attached hydrogens (tertiary/aromatic N) is 2. The number of H-pyrrole nitrogens is 1. The van der Waals surface area contributed by atoms with Crippen molar-refractivity contribution in [2.75, 3.05) is 13.1 Å². The van der Waals surface area contributed by atoms with Crippen LogP contribution in [0.4, 0.5) is 0 Å². The predicted octanol–water partition coefficient (Wildman–Crippen LogP) is -1.95. The fourth-order valence-corrected chi connectivity index (χ4v) is 3.72. The highest BCUT2D eigenvalue weighted by molar-refractivity contribution is 5.94. The lowest BCUT2D eigenvalue weighted by Crippen LogP contribution is -2.59. The highest BCUT2D eigenvalue weighted by Crippen LogP contribution is 2.11. The minimum atomic E-state index is -1.19. The number of amides is 3. The highest BCUT2D eigenvalue weighted by atomic mass is 16.4. The second-order valence-corrected chi connectivity index (χ2v) is 9.45. The van der Waals surface area contributed by atoms with E-state index in [1.165, 1.54) is 12.5 Å². The van der Waals surface area contributed by atoms with Gasteiger partial charge in [0.25, 0.3) is 0 Å². The van der Waals surface area contributed by atoms with Crippen LogP contribution in [0.2, 0.25) is 0 Å². The van der Waals surface area contributed by atoms with Gasteiger partial charge in [0.15, 0.2) is 5.96 Å². The Bertz CT molecular complexity index is 936. The molecule has 0 saturated heterocycles. The van der Waals surface area contributed by atoms with E-state index in [0.29, 0.717) is 50.9 Å². The van der Waals surface area contributed by atoms with E-state index < -0.39 is 47.9 Å². The summed E-state index contributed by atoms with van der Waals surface area (Å²) in [7, 11) is 0. The van der Waals surface area contributed by atoms with E-state index in [2.05, 4.69) is 30.9 Å². The van der Waals surface area contributed by atoms with Crippen molar-refractivity contribution < 1.29 is 24.3 Å². The molecule has 1 aromatic heterocycles. The molecule has 220 valence electrons. The summed E-state index contributed by atoms with van der Waals surface area (Å²) >= 11 is 0. The van der Waals surface area contributed by atoms with E-state index in [9.17, 15) is 24.3 Å². The summed E-state index contributed by atoms with van der Waals surface area (Å²) in [6, 6.07) is -4.16. The first-order valence-electron chi connectivity index (χ1n) is 13.1. The van der Waals surface area contributed by atoms with Crippen LogP contribution in [0.5, 0.6) is 0 Å². The Labute approximate surface area is 228 Å². The lowest BCUT2D eigenvalue weighted by molar-refractivity contribution is -0.142. The Morgan fingerprint density at radius 1 is 1.03 bits per heavy atom. The smallest absolute Gasteiger partial charge is 0.326 e. The van der Waals surface area contributed by atoms with Crippen molar-refractivity contribution in [1.29, 1.82) is 0 Å². The summed E-state index contributed by atoms with van der Waals surface area (Å²) in [6.07, 6.45) is 5.58. The van der Waals surface area contributed by atoms with Gasteiger partial charge in [0, 0.05) is 24.9 Å². The number of guanidine groups is 1. The molecule has 3 amide bonds. The molecular formula is C24H44N10O5. The van der Waals surface area contributed by atoms with Crippen LogP contribution in [0.3, 0.4) is 0 Å². The number of nitrogens with one attached hydrogen (secondary N) is 4. The van der Waals surface area contributed by atoms with Gasteiger partial charge in [-0.05, 0) is 44.6 Å². The lowest BCUT2D eigenvalue weighted by Gasteiger charge is -2.28. The summed E-state index contributed by atoms with van der Waals surface area (Å²) in [5, 5.41) is 17.4. The molecule has 15 heteroatoms. The summed E-state index contributed by atoms with van der Waals surface area (Å²) in [5.41, 5.74) is 22.6. The zero-order valence-corrected chi connectivity index (χ0v) is 22.7. The maximum Gasteiger partial charge on any atom is 0.326 e. The third kappa shape index (κ3) is 12.6. The molecule has 15 nitrogen and oxygen atoms in total. The molecule has 0 aliphatic rings. The lowest BCUT2D eigenvalue weighted by atomic mass is 9.96. The van der Waals surface area contributed by atoms with Crippen LogP contribution in [-0.4, -0.2) is 82.0 Å². The number of hydrogen-bond acceptors (Lipinski definition) is 8. The largest absolute Gasteiger partial charge is 0.480 e. The molecule has 0 spiro atoms. The fraction of sp³-hybridized carbons (Fsp3) is 0.667. The second-order valence-electron chi connectivity index (χ2n) is 9.45. The number of aromatic amines is 1. The molecule has 1 heterocycles. The van der Waals surface area contributed by atoms with Crippen molar-refractivity contribution in [2.24, 2.45) is 33.8 Å². The third-order valence-corrected chi connectivity index (χ3v) is 6.27. The molecule has 1 aromatic rings. The first kappa shape index (κ1) is 33.3. The first-order chi connectivity index (χ1) is 18.5. The van der Waals surface area contributed by atoms with E-state index in [1.807, 2.05) is 6.92 Å². The number of rotatable bonds is 19. The van der Waals surface area contributed by atoms with Crippen LogP contribution >= 0.6 is 0 Å². The molecule has 5 unspecified atom stereocenters. The van der Waals surface area contributed by atoms with E-state index in [0.717, 1.165) is 0 Å². The Balaban J connectivity index is 2.99. The van der Waals surface area contributed by atoms with E-state index in [4.69, 9.17) is 22.9 Å². The maximum absolute atomic E-state index is 13.4. The van der Waals surface area contributed by atoms with Crippen LogP contribution in [0.15, 0.2) is 17.5 Å². The summed E-state index contributed by atoms with van der Waals surface area (Å²) < 4.78 is 0. The van der Waals surface area contributed by atoms with Crippen molar-refractivity contribution in [2.45, 2.75) is 83.0 Å². The van der Waals surface area contributed by atoms with E-state index in [1.54, 1.807) is 6.92 Å². The van der Waals surface area contributed by atoms with Gasteiger partial charge in [-0.15, -0.1) is 0 Å². The SMILES string of the molecule is CCC(C)C(NC(=O)C(N)CCCN=C(N)N)C(=O)NC(Cc1cnc[nH]1)C(=O)NC(CCCCN)C(=O)O. The fourth-order valence-electron chi connectivity index (χ4n) is 3.72. The third-order valence-electron chi connectivity index (χ3n) is 6.27. The van der Waals surface area contributed by atoms with E-state index in [-0.39, 0.29) is 24.7 Å². The maximum atomic E-state index is 13.4. The molecule has 0 aliphatic carbocycles. The van der Waals surface area contributed by atoms with Gasteiger partial charge in [0.2, 0.25) is 17.7 Å². The second kappa shape index (κ2) is 17.7. The summed E-state index contributed by atoms with van der Waals surface area (Å²) in [6.45, 7) is 4.37. The van der Waals surface area contributed by atoms with Crippen molar-refractivity contribution in [3.05, 3.63) is 18.2 Å². The number of unbranched alkanes of at least 4 members (excludes halogenated alkanes) is 1. The Morgan fingerprint density at radius 3 is 2.28 bits per heavy atom. The molecule has 5 atom stereocenters. The molecule has 0 fully saturated rings. The molecule has 1 rings (SSSR count). The number of aromatic nitrogens is 2. The number of aliphatic carboxylic acids is 1. The summed E-state index contributed by atoms with van der Waals surface area (Å²) in [5.74, 6) is -3.34. The number of carbonyl (C=O) groups is 4. The van der Waals surface area contributed by atoms with Gasteiger partial charge < -0.3 is 49.0 Å². The molecular weight excluding hydrogens is 508 g/mol. The normalized spacial score (nSPS) is 14.8. The zero-order chi connectivity index (χ0) is 29.4. The van der Waals surface area contributed by atoms with Crippen LogP contribution in [0, 0.1) is 5.92 Å². The van der Waals surface area contributed by atoms with Crippen molar-refractivity contribution >= 4 is 29.7 Å². The van der Waals surface area contributed by atoms with Crippen molar-refractivity contribution in [3.63, 3.8) is 0 Å². The molecule has 13 N–H and O–H groups in total. The van der Waals surface area contributed by atoms with Crippen molar-refractivity contribution in [1.82, 2.24) is 25.9 Å². The number of nitrogens with two attached hydrogens (primary N) is 4. The first-order valence-corrected chi connectivity index (χ1v) is 13.1. The molecule has 39 heavy (non-hydrogen) atoms. The number of carboxylic acids is 1. The van der Waals surface area contributed by atoms with Gasteiger partial charge >= 0.3 is 5.97 Å². The van der Waals surface area contributed by atoms with Crippen LogP contribution in [-0.2, 0) is 25.6 Å². The van der Waals surface area contributed by atoms with Gasteiger partial charge in [0.1, 0.15) is 18.1 Å². The Morgan fingerprint density at radius 2 is 1.72 bits per heavy atom. The quantitative estimate of drug-likeness (QED) is 0.0519. The molecule has 0 aliphatic heterocycles. The van der Waals surface area contributed by atoms with Crippen LogP contribution in [0.25, 0.3) is 0 Å². The molecule has 0 radical (unpaired) electrons. The van der Waals surface area contributed by atoms with Gasteiger partial charge in [-0.25, -0.2) is 9.78 Å². The number of aliphatic imine (C=N–C) groups is 1. The monoisotopic (exact) mass is 552 g/mol. The molecule has 0 bridgehead atoms. The minimum absolute atomic E-state index is 0.0260. The Hall–Kier alpha value is -3.72. The number of carbonyl (C=O) groups excluding carboxylic acids is 3. The van der Waals surface area contributed by atoms with Gasteiger partial charge in [-0.1, -0.05) is 20.3 Å². The predicted molar refractivity (Wildman–Crippen MR) is 146 cm³/mol. The van der Waals surface area contributed by atoms with Crippen LogP contribution < -0.4 is 38.9 Å². The van der Waals surface area contributed by atoms with E-state index >= 15 is 0 Å². The Kier molecular flexibility index (Phi) is 15.1. The van der Waals surface area contributed by atoms with Gasteiger partial charge in [0.05, 0.1) is 12.4 Å². The summed E-state index contributed by atoms with van der Waals surface area (Å²) in [4.78, 5) is 61.6. The number of carboxylic acid groups (broad SMARTS) is 1.